The molecule has 5 heteroatoms. The Morgan fingerprint density at radius 1 is 1.54 bits per heavy atom. The highest BCUT2D eigenvalue weighted by molar-refractivity contribution is 7.17. The smallest absolute Gasteiger partial charge is 0.147 e. The van der Waals surface area contributed by atoms with Gasteiger partial charge >= 0.3 is 0 Å². The predicted molar refractivity (Wildman–Crippen MR) is 58.5 cm³/mol. The van der Waals surface area contributed by atoms with Crippen LogP contribution >= 0.6 is 11.3 Å². The van der Waals surface area contributed by atoms with Crippen molar-refractivity contribution in [2.24, 2.45) is 0 Å². The number of hydrogen-bond acceptors (Lipinski definition) is 4. The average molecular weight is 196 g/mol. The first kappa shape index (κ1) is 8.25. The number of nitrogens with two attached hydrogens (primary N) is 2. The van der Waals surface area contributed by atoms with Crippen LogP contribution in [0.5, 0.6) is 0 Å². The quantitative estimate of drug-likeness (QED) is 0.680. The fraction of sp³-hybridized carbons (Fsp3) is 0.250. The molecule has 0 aliphatic heterocycles. The zero-order valence-corrected chi connectivity index (χ0v) is 8.19. The van der Waals surface area contributed by atoms with Crippen molar-refractivity contribution >= 4 is 33.1 Å². The topological polar surface area (TPSA) is 69.0 Å². The monoisotopic (exact) mass is 196 g/mol. The van der Waals surface area contributed by atoms with Crippen molar-refractivity contribution in [1.29, 1.82) is 0 Å². The summed E-state index contributed by atoms with van der Waals surface area (Å²) in [6.07, 6.45) is 0. The molecular weight excluding hydrogens is 184 g/mol. The molecule has 0 saturated carbocycles. The van der Waals surface area contributed by atoms with Gasteiger partial charge < -0.3 is 16.9 Å². The van der Waals surface area contributed by atoms with Crippen molar-refractivity contribution in [1.82, 2.24) is 4.68 Å². The van der Waals surface area contributed by atoms with Gasteiger partial charge in [-0.3, -0.25) is 0 Å². The standard InChI is InChI=1S/C8H12N4S/c1-2-11-12-7(10)6(9)5-3-4-13-8(5)12/h3-4,11H,2,9-10H2,1H3. The van der Waals surface area contributed by atoms with Crippen molar-refractivity contribution in [2.75, 3.05) is 23.4 Å². The molecule has 2 aromatic rings. The molecule has 0 aliphatic carbocycles. The van der Waals surface area contributed by atoms with Crippen molar-refractivity contribution in [3.63, 3.8) is 0 Å². The minimum absolute atomic E-state index is 0.601. The molecule has 0 amide bonds. The largest absolute Gasteiger partial charge is 0.395 e. The van der Waals surface area contributed by atoms with Crippen LogP contribution in [-0.2, 0) is 0 Å². The summed E-state index contributed by atoms with van der Waals surface area (Å²) in [6, 6.07) is 1.99. The lowest BCUT2D eigenvalue weighted by atomic mass is 10.3. The number of fused-ring (bicyclic) bond motifs is 1. The molecular formula is C8H12N4S. The molecule has 0 unspecified atom stereocenters. The number of nitrogens with zero attached hydrogens (tertiary/aromatic N) is 1. The Kier molecular flexibility index (Phi) is 1.81. The maximum Gasteiger partial charge on any atom is 0.147 e. The van der Waals surface area contributed by atoms with E-state index < -0.39 is 0 Å². The van der Waals surface area contributed by atoms with E-state index >= 15 is 0 Å². The van der Waals surface area contributed by atoms with E-state index in [9.17, 15) is 0 Å². The maximum atomic E-state index is 5.83. The first-order valence-electron chi connectivity index (χ1n) is 4.12. The first-order chi connectivity index (χ1) is 6.25. The van der Waals surface area contributed by atoms with Crippen molar-refractivity contribution in [3.05, 3.63) is 11.4 Å². The summed E-state index contributed by atoms with van der Waals surface area (Å²) in [6.45, 7) is 2.85. The van der Waals surface area contributed by atoms with E-state index in [1.54, 1.807) is 11.3 Å². The molecule has 0 spiro atoms. The van der Waals surface area contributed by atoms with Gasteiger partial charge in [-0.2, -0.15) is 0 Å². The molecule has 0 aromatic carbocycles. The van der Waals surface area contributed by atoms with Gasteiger partial charge in [-0.15, -0.1) is 11.3 Å². The Labute approximate surface area is 80.1 Å². The minimum atomic E-state index is 0.601. The summed E-state index contributed by atoms with van der Waals surface area (Å²) < 4.78 is 1.84. The number of rotatable bonds is 2. The SMILES string of the molecule is CCNn1c(N)c(N)c2ccsc21. The molecule has 0 saturated heterocycles. The Balaban J connectivity index is 2.69. The van der Waals surface area contributed by atoms with Crippen LogP contribution in [0.1, 0.15) is 6.92 Å². The highest BCUT2D eigenvalue weighted by atomic mass is 32.1. The normalized spacial score (nSPS) is 10.8. The third-order valence-corrected chi connectivity index (χ3v) is 2.87. The Morgan fingerprint density at radius 3 is 3.00 bits per heavy atom. The lowest BCUT2D eigenvalue weighted by molar-refractivity contribution is 0.918. The Hall–Kier alpha value is -1.36. The van der Waals surface area contributed by atoms with Gasteiger partial charge in [-0.25, -0.2) is 4.68 Å². The molecule has 0 fully saturated rings. The van der Waals surface area contributed by atoms with E-state index in [0.29, 0.717) is 11.5 Å². The number of nitrogens with one attached hydrogen (secondary N) is 1. The number of nitrogen functional groups attached to an aromatic ring is 2. The van der Waals surface area contributed by atoms with Gasteiger partial charge in [0.2, 0.25) is 0 Å². The number of hydrogen-bond donors (Lipinski definition) is 3. The number of aromatic nitrogens is 1. The summed E-state index contributed by atoms with van der Waals surface area (Å²) in [7, 11) is 0. The summed E-state index contributed by atoms with van der Waals surface area (Å²) in [4.78, 5) is 1.08. The molecule has 0 bridgehead atoms. The summed E-state index contributed by atoms with van der Waals surface area (Å²) in [5.74, 6) is 0.601. The van der Waals surface area contributed by atoms with Crippen LogP contribution in [0.2, 0.25) is 0 Å². The minimum Gasteiger partial charge on any atom is -0.395 e. The van der Waals surface area contributed by atoms with E-state index in [1.165, 1.54) is 0 Å². The van der Waals surface area contributed by atoms with E-state index in [0.717, 1.165) is 16.8 Å². The second-order valence-electron chi connectivity index (χ2n) is 2.79. The van der Waals surface area contributed by atoms with Gasteiger partial charge in [-0.1, -0.05) is 0 Å². The molecule has 2 aromatic heterocycles. The second kappa shape index (κ2) is 2.85. The molecule has 0 atom stereocenters. The molecule has 2 rings (SSSR count). The molecule has 4 nitrogen and oxygen atoms in total. The lowest BCUT2D eigenvalue weighted by Crippen LogP contribution is -2.15. The molecule has 0 aliphatic rings. The van der Waals surface area contributed by atoms with Crippen LogP contribution in [0.3, 0.4) is 0 Å². The van der Waals surface area contributed by atoms with Gasteiger partial charge in [-0.05, 0) is 18.4 Å². The van der Waals surface area contributed by atoms with Gasteiger partial charge in [0.1, 0.15) is 10.6 Å². The maximum absolute atomic E-state index is 5.83. The van der Waals surface area contributed by atoms with E-state index in [-0.39, 0.29) is 0 Å². The van der Waals surface area contributed by atoms with Crippen LogP contribution in [0.15, 0.2) is 11.4 Å². The average Bonchev–Trinajstić information content (AvgIpc) is 2.66. The first-order valence-corrected chi connectivity index (χ1v) is 5.00. The highest BCUT2D eigenvalue weighted by Crippen LogP contribution is 2.32. The third kappa shape index (κ3) is 1.04. The van der Waals surface area contributed by atoms with Gasteiger partial charge in [0.05, 0.1) is 5.69 Å². The predicted octanol–water partition coefficient (Wildman–Crippen LogP) is 1.43. The van der Waals surface area contributed by atoms with Gasteiger partial charge in [0, 0.05) is 11.9 Å². The van der Waals surface area contributed by atoms with E-state index in [1.807, 2.05) is 23.0 Å². The lowest BCUT2D eigenvalue weighted by Gasteiger charge is -2.07. The zero-order valence-electron chi connectivity index (χ0n) is 7.37. The molecule has 13 heavy (non-hydrogen) atoms. The van der Waals surface area contributed by atoms with Crippen molar-refractivity contribution in [3.8, 4) is 0 Å². The fourth-order valence-electron chi connectivity index (χ4n) is 1.36. The van der Waals surface area contributed by atoms with Crippen molar-refractivity contribution in [2.45, 2.75) is 6.92 Å². The van der Waals surface area contributed by atoms with E-state index in [4.69, 9.17) is 11.5 Å². The van der Waals surface area contributed by atoms with Crippen LogP contribution in [0.25, 0.3) is 10.2 Å². The Bertz CT molecular complexity index is 428. The highest BCUT2D eigenvalue weighted by Gasteiger charge is 2.12. The van der Waals surface area contributed by atoms with Crippen molar-refractivity contribution < 1.29 is 0 Å². The summed E-state index contributed by atoms with van der Waals surface area (Å²) >= 11 is 1.63. The number of anilines is 2. The summed E-state index contributed by atoms with van der Waals surface area (Å²) in [5.41, 5.74) is 15.5. The van der Waals surface area contributed by atoms with Gasteiger partial charge in [0.15, 0.2) is 0 Å². The second-order valence-corrected chi connectivity index (χ2v) is 3.68. The summed E-state index contributed by atoms with van der Waals surface area (Å²) in [5, 5.41) is 3.04. The van der Waals surface area contributed by atoms with Gasteiger partial charge in [0.25, 0.3) is 0 Å². The van der Waals surface area contributed by atoms with Crippen LogP contribution < -0.4 is 16.9 Å². The zero-order chi connectivity index (χ0) is 9.42. The van der Waals surface area contributed by atoms with Crippen LogP contribution in [-0.4, -0.2) is 11.2 Å². The third-order valence-electron chi connectivity index (χ3n) is 1.97. The number of thiophene rings is 1. The molecule has 2 heterocycles. The van der Waals surface area contributed by atoms with Crippen LogP contribution in [0.4, 0.5) is 11.5 Å². The fourth-order valence-corrected chi connectivity index (χ4v) is 2.27. The molecule has 0 radical (unpaired) electrons. The molecule has 5 N–H and O–H groups in total. The van der Waals surface area contributed by atoms with Crippen LogP contribution in [0, 0.1) is 0 Å². The van der Waals surface area contributed by atoms with E-state index in [2.05, 4.69) is 5.43 Å². The Morgan fingerprint density at radius 2 is 2.31 bits per heavy atom. The molecule has 70 valence electrons.